The molecule has 2 aliphatic heterocycles. The summed E-state index contributed by atoms with van der Waals surface area (Å²) in [6.07, 6.45) is 5.45. The molecule has 2 saturated heterocycles. The zero-order valence-electron chi connectivity index (χ0n) is 15.9. The largest absolute Gasteiger partial charge is 0.376 e. The highest BCUT2D eigenvalue weighted by molar-refractivity contribution is 7.91. The van der Waals surface area contributed by atoms with E-state index in [-0.39, 0.29) is 6.10 Å². The summed E-state index contributed by atoms with van der Waals surface area (Å²) in [4.78, 5) is 5.54. The maximum atomic E-state index is 12.8. The minimum atomic E-state index is -3.36. The number of hydrogen-bond donors (Lipinski definition) is 2. The average molecular weight is 415 g/mol. The fraction of sp³-hybridized carbons (Fsp3) is 0.722. The third-order valence-electron chi connectivity index (χ3n) is 4.80. The number of nitrogens with zero attached hydrogens (tertiary/aromatic N) is 2. The number of piperidine rings is 1. The smallest absolute Gasteiger partial charge is 0.252 e. The average Bonchev–Trinajstić information content (AvgIpc) is 3.37. The van der Waals surface area contributed by atoms with Gasteiger partial charge >= 0.3 is 0 Å². The van der Waals surface area contributed by atoms with Gasteiger partial charge in [-0.15, -0.1) is 11.3 Å². The Labute approximate surface area is 166 Å². The number of rotatable bonds is 7. The molecular formula is C18H30N4O3S2. The van der Waals surface area contributed by atoms with Crippen molar-refractivity contribution < 1.29 is 13.2 Å². The van der Waals surface area contributed by atoms with Crippen molar-refractivity contribution in [2.45, 2.75) is 55.9 Å². The molecule has 9 heteroatoms. The monoisotopic (exact) mass is 414 g/mol. The minimum Gasteiger partial charge on any atom is -0.376 e. The lowest BCUT2D eigenvalue weighted by Crippen LogP contribution is -2.41. The standard InChI is InChI=1S/C18H30N4O3S2/c1-2-19-18(20-13-15-7-6-12-25-15)21-14-16-8-9-17(26-16)27(23,24)22-10-4-3-5-11-22/h8-9,15H,2-7,10-14H2,1H3,(H2,19,20,21). The second-order valence-corrected chi connectivity index (χ2v) is 10.2. The summed E-state index contributed by atoms with van der Waals surface area (Å²) in [6.45, 7) is 6.10. The number of guanidine groups is 1. The molecule has 7 nitrogen and oxygen atoms in total. The van der Waals surface area contributed by atoms with Crippen molar-refractivity contribution in [2.24, 2.45) is 4.99 Å². The summed E-state index contributed by atoms with van der Waals surface area (Å²) in [5.74, 6) is 0.738. The van der Waals surface area contributed by atoms with Gasteiger partial charge in [-0.25, -0.2) is 13.4 Å². The van der Waals surface area contributed by atoms with Gasteiger partial charge in [0.25, 0.3) is 10.0 Å². The summed E-state index contributed by atoms with van der Waals surface area (Å²) in [5, 5.41) is 6.54. The van der Waals surface area contributed by atoms with E-state index in [1.165, 1.54) is 11.3 Å². The molecule has 3 heterocycles. The fourth-order valence-corrected chi connectivity index (χ4v) is 6.28. The number of thiophene rings is 1. The van der Waals surface area contributed by atoms with E-state index in [4.69, 9.17) is 4.74 Å². The van der Waals surface area contributed by atoms with Crippen LogP contribution in [0.1, 0.15) is 43.9 Å². The van der Waals surface area contributed by atoms with Crippen LogP contribution >= 0.6 is 11.3 Å². The van der Waals surface area contributed by atoms with Crippen LogP contribution in [-0.2, 0) is 21.3 Å². The van der Waals surface area contributed by atoms with Crippen LogP contribution in [0.4, 0.5) is 0 Å². The molecule has 3 rings (SSSR count). The van der Waals surface area contributed by atoms with Gasteiger partial charge in [0.2, 0.25) is 0 Å². The highest BCUT2D eigenvalue weighted by Crippen LogP contribution is 2.27. The Morgan fingerprint density at radius 3 is 2.78 bits per heavy atom. The molecule has 0 bridgehead atoms. The van der Waals surface area contributed by atoms with Crippen molar-refractivity contribution in [1.82, 2.24) is 14.9 Å². The number of ether oxygens (including phenoxy) is 1. The van der Waals surface area contributed by atoms with Crippen molar-refractivity contribution in [3.8, 4) is 0 Å². The molecule has 0 spiro atoms. The van der Waals surface area contributed by atoms with E-state index in [0.717, 1.165) is 62.6 Å². The minimum absolute atomic E-state index is 0.247. The van der Waals surface area contributed by atoms with Gasteiger partial charge in [0.1, 0.15) is 4.21 Å². The summed E-state index contributed by atoms with van der Waals surface area (Å²) < 4.78 is 33.2. The van der Waals surface area contributed by atoms with Crippen molar-refractivity contribution >= 4 is 27.3 Å². The Morgan fingerprint density at radius 1 is 1.26 bits per heavy atom. The zero-order valence-corrected chi connectivity index (χ0v) is 17.6. The lowest BCUT2D eigenvalue weighted by Gasteiger charge is -2.25. The molecule has 2 aliphatic rings. The molecule has 1 unspecified atom stereocenters. The molecule has 1 aromatic rings. The Kier molecular flexibility index (Phi) is 7.51. The third kappa shape index (κ3) is 5.66. The van der Waals surface area contributed by atoms with Gasteiger partial charge in [0.05, 0.1) is 12.6 Å². The summed E-state index contributed by atoms with van der Waals surface area (Å²) in [5.41, 5.74) is 0. The number of aliphatic imine (C=N–C) groups is 1. The lowest BCUT2D eigenvalue weighted by molar-refractivity contribution is 0.114. The van der Waals surface area contributed by atoms with Gasteiger partial charge in [-0.3, -0.25) is 0 Å². The van der Waals surface area contributed by atoms with Gasteiger partial charge < -0.3 is 15.4 Å². The molecule has 27 heavy (non-hydrogen) atoms. The normalized spacial score (nSPS) is 22.1. The first kappa shape index (κ1) is 20.6. The highest BCUT2D eigenvalue weighted by Gasteiger charge is 2.27. The van der Waals surface area contributed by atoms with Crippen LogP contribution in [0.15, 0.2) is 21.3 Å². The number of nitrogens with one attached hydrogen (secondary N) is 2. The maximum absolute atomic E-state index is 12.8. The molecule has 0 aromatic carbocycles. The molecule has 1 atom stereocenters. The topological polar surface area (TPSA) is 83.0 Å². The van der Waals surface area contributed by atoms with Crippen LogP contribution in [0.3, 0.4) is 0 Å². The number of hydrogen-bond acceptors (Lipinski definition) is 5. The first-order valence-electron chi connectivity index (χ1n) is 9.82. The van der Waals surface area contributed by atoms with Gasteiger partial charge in [-0.05, 0) is 44.7 Å². The van der Waals surface area contributed by atoms with Gasteiger partial charge in [0.15, 0.2) is 5.96 Å². The Morgan fingerprint density at radius 2 is 2.07 bits per heavy atom. The SMILES string of the molecule is CCNC(=NCc1ccc(S(=O)(=O)N2CCCCC2)s1)NCC1CCCO1. The quantitative estimate of drug-likeness (QED) is 0.528. The van der Waals surface area contributed by atoms with Crippen LogP contribution in [0.25, 0.3) is 0 Å². The fourth-order valence-electron chi connectivity index (χ4n) is 3.33. The molecule has 1 aromatic heterocycles. The zero-order chi connectivity index (χ0) is 19.1. The van der Waals surface area contributed by atoms with Crippen LogP contribution in [0.2, 0.25) is 0 Å². The van der Waals surface area contributed by atoms with Crippen molar-refractivity contribution in [1.29, 1.82) is 0 Å². The van der Waals surface area contributed by atoms with E-state index in [1.807, 2.05) is 13.0 Å². The van der Waals surface area contributed by atoms with Crippen LogP contribution in [0.5, 0.6) is 0 Å². The first-order valence-corrected chi connectivity index (χ1v) is 12.1. The molecule has 152 valence electrons. The van der Waals surface area contributed by atoms with Gasteiger partial charge in [-0.2, -0.15) is 4.31 Å². The second-order valence-electron chi connectivity index (χ2n) is 6.90. The van der Waals surface area contributed by atoms with Crippen LogP contribution in [0, 0.1) is 0 Å². The van der Waals surface area contributed by atoms with E-state index < -0.39 is 10.0 Å². The molecule has 0 amide bonds. The van der Waals surface area contributed by atoms with Crippen molar-refractivity contribution in [3.63, 3.8) is 0 Å². The van der Waals surface area contributed by atoms with E-state index in [1.54, 1.807) is 10.4 Å². The number of sulfonamides is 1. The van der Waals surface area contributed by atoms with E-state index in [2.05, 4.69) is 15.6 Å². The lowest BCUT2D eigenvalue weighted by atomic mass is 10.2. The maximum Gasteiger partial charge on any atom is 0.252 e. The third-order valence-corrected chi connectivity index (χ3v) is 8.24. The highest BCUT2D eigenvalue weighted by atomic mass is 32.2. The molecule has 2 N–H and O–H groups in total. The Balaban J connectivity index is 1.59. The molecular weight excluding hydrogens is 384 g/mol. The van der Waals surface area contributed by atoms with Crippen LogP contribution < -0.4 is 10.6 Å². The van der Waals surface area contributed by atoms with Gasteiger partial charge in [-0.1, -0.05) is 6.42 Å². The van der Waals surface area contributed by atoms with E-state index >= 15 is 0 Å². The van der Waals surface area contributed by atoms with Gasteiger partial charge in [0, 0.05) is 37.7 Å². The summed E-state index contributed by atoms with van der Waals surface area (Å²) in [6, 6.07) is 3.58. The molecule has 0 radical (unpaired) electrons. The van der Waals surface area contributed by atoms with Crippen LogP contribution in [-0.4, -0.2) is 57.6 Å². The predicted octanol–water partition coefficient (Wildman–Crippen LogP) is 2.16. The van der Waals surface area contributed by atoms with E-state index in [0.29, 0.717) is 23.8 Å². The molecule has 2 fully saturated rings. The Bertz CT molecular complexity index is 721. The molecule has 0 saturated carbocycles. The predicted molar refractivity (Wildman–Crippen MR) is 109 cm³/mol. The van der Waals surface area contributed by atoms with Crippen molar-refractivity contribution in [2.75, 3.05) is 32.8 Å². The summed E-state index contributed by atoms with van der Waals surface area (Å²) >= 11 is 1.32. The second kappa shape index (κ2) is 9.86. The summed E-state index contributed by atoms with van der Waals surface area (Å²) in [7, 11) is -3.36. The van der Waals surface area contributed by atoms with E-state index in [9.17, 15) is 8.42 Å². The Hall–Kier alpha value is -1.16. The molecule has 0 aliphatic carbocycles. The first-order chi connectivity index (χ1) is 13.1. The van der Waals surface area contributed by atoms with Crippen molar-refractivity contribution in [3.05, 3.63) is 17.0 Å².